The first-order valence-corrected chi connectivity index (χ1v) is 5.46. The molecule has 0 aliphatic heterocycles. The van der Waals surface area contributed by atoms with Crippen LogP contribution in [0.1, 0.15) is 30.9 Å². The van der Waals surface area contributed by atoms with Crippen LogP contribution in [-0.4, -0.2) is 10.7 Å². The lowest BCUT2D eigenvalue weighted by Gasteiger charge is -2.42. The molecule has 0 bridgehead atoms. The Bertz CT molecular complexity index is 367. The number of hydrogen-bond donors (Lipinski definition) is 1. The summed E-state index contributed by atoms with van der Waals surface area (Å²) in [6.07, 6.45) is 2.39. The van der Waals surface area contributed by atoms with Gasteiger partial charge in [0.25, 0.3) is 0 Å². The highest BCUT2D eigenvalue weighted by atomic mass is 19.1. The molecule has 1 aromatic carbocycles. The summed E-state index contributed by atoms with van der Waals surface area (Å²) in [5.41, 5.74) is 1.45. The van der Waals surface area contributed by atoms with E-state index in [4.69, 9.17) is 0 Å². The fourth-order valence-electron chi connectivity index (χ4n) is 2.59. The Morgan fingerprint density at radius 2 is 2.13 bits per heavy atom. The van der Waals surface area contributed by atoms with Crippen molar-refractivity contribution in [2.45, 2.75) is 38.7 Å². The quantitative estimate of drug-likeness (QED) is 0.792. The molecular formula is C13H17FO. The van der Waals surface area contributed by atoms with Gasteiger partial charge in [-0.3, -0.25) is 0 Å². The predicted octanol–water partition coefficient (Wildman–Crippen LogP) is 2.84. The monoisotopic (exact) mass is 208 g/mol. The first-order valence-electron chi connectivity index (χ1n) is 5.46. The summed E-state index contributed by atoms with van der Waals surface area (Å²) in [5, 5.41) is 10.1. The van der Waals surface area contributed by atoms with E-state index in [0.717, 1.165) is 24.0 Å². The summed E-state index contributed by atoms with van der Waals surface area (Å²) in [5.74, 6) is 0.418. The van der Waals surface area contributed by atoms with Gasteiger partial charge >= 0.3 is 0 Å². The third-order valence-electron chi connectivity index (χ3n) is 3.28. The normalized spacial score (nSPS) is 30.0. The lowest BCUT2D eigenvalue weighted by atomic mass is 9.69. The molecule has 0 amide bonds. The Hall–Kier alpha value is -0.890. The van der Waals surface area contributed by atoms with E-state index in [1.54, 1.807) is 6.07 Å². The molecule has 1 aliphatic carbocycles. The van der Waals surface area contributed by atoms with E-state index < -0.39 is 5.60 Å². The highest BCUT2D eigenvalue weighted by molar-refractivity contribution is 5.28. The molecule has 0 saturated heterocycles. The molecule has 0 radical (unpaired) electrons. The van der Waals surface area contributed by atoms with Gasteiger partial charge in [0.2, 0.25) is 0 Å². The van der Waals surface area contributed by atoms with Crippen molar-refractivity contribution < 1.29 is 9.50 Å². The number of rotatable bonds is 2. The van der Waals surface area contributed by atoms with Gasteiger partial charge in [-0.05, 0) is 48.9 Å². The Kier molecular flexibility index (Phi) is 2.55. The van der Waals surface area contributed by atoms with Crippen LogP contribution in [0.15, 0.2) is 18.2 Å². The second-order valence-electron chi connectivity index (χ2n) is 4.99. The molecule has 15 heavy (non-hydrogen) atoms. The van der Waals surface area contributed by atoms with Crippen molar-refractivity contribution in [3.8, 4) is 0 Å². The van der Waals surface area contributed by atoms with Crippen LogP contribution in [0.4, 0.5) is 4.39 Å². The summed E-state index contributed by atoms with van der Waals surface area (Å²) in [6, 6.07) is 4.78. The molecule has 2 heteroatoms. The van der Waals surface area contributed by atoms with E-state index in [2.05, 4.69) is 6.92 Å². The number of halogens is 1. The van der Waals surface area contributed by atoms with Crippen LogP contribution >= 0.6 is 0 Å². The molecule has 0 unspecified atom stereocenters. The summed E-state index contributed by atoms with van der Waals surface area (Å²) in [4.78, 5) is 0. The summed E-state index contributed by atoms with van der Waals surface area (Å²) >= 11 is 0. The maximum absolute atomic E-state index is 12.9. The highest BCUT2D eigenvalue weighted by Crippen LogP contribution is 2.40. The Balaban J connectivity index is 2.11. The molecule has 1 fully saturated rings. The van der Waals surface area contributed by atoms with Crippen LogP contribution in [0.5, 0.6) is 0 Å². The van der Waals surface area contributed by atoms with Crippen molar-refractivity contribution in [3.63, 3.8) is 0 Å². The maximum atomic E-state index is 12.9. The van der Waals surface area contributed by atoms with Gasteiger partial charge in [-0.25, -0.2) is 4.39 Å². The van der Waals surface area contributed by atoms with Gasteiger partial charge in [0.15, 0.2) is 0 Å². The lowest BCUT2D eigenvalue weighted by molar-refractivity contribution is -0.0666. The zero-order valence-electron chi connectivity index (χ0n) is 9.26. The van der Waals surface area contributed by atoms with Crippen LogP contribution in [0.2, 0.25) is 0 Å². The number of benzene rings is 1. The van der Waals surface area contributed by atoms with E-state index >= 15 is 0 Å². The van der Waals surface area contributed by atoms with E-state index in [1.807, 2.05) is 6.92 Å². The third kappa shape index (κ3) is 2.20. The second-order valence-corrected chi connectivity index (χ2v) is 4.99. The fraction of sp³-hybridized carbons (Fsp3) is 0.538. The summed E-state index contributed by atoms with van der Waals surface area (Å²) < 4.78 is 12.9. The minimum atomic E-state index is -0.540. The number of aryl methyl sites for hydroxylation is 1. The van der Waals surface area contributed by atoms with Crippen LogP contribution in [0.3, 0.4) is 0 Å². The summed E-state index contributed by atoms with van der Waals surface area (Å²) in [7, 11) is 0. The van der Waals surface area contributed by atoms with Crippen molar-refractivity contribution >= 4 is 0 Å². The molecule has 0 atom stereocenters. The SMILES string of the molecule is Cc1cc(F)ccc1CC1(O)CC(C)C1. The molecule has 0 spiro atoms. The molecule has 1 aliphatic rings. The molecule has 2 rings (SSSR count). The summed E-state index contributed by atoms with van der Waals surface area (Å²) in [6.45, 7) is 4.04. The Morgan fingerprint density at radius 3 is 2.67 bits per heavy atom. The molecule has 0 aromatic heterocycles. The van der Waals surface area contributed by atoms with Gasteiger partial charge in [0.05, 0.1) is 5.60 Å². The van der Waals surface area contributed by atoms with E-state index in [-0.39, 0.29) is 5.82 Å². The number of aliphatic hydroxyl groups is 1. The van der Waals surface area contributed by atoms with Gasteiger partial charge < -0.3 is 5.11 Å². The van der Waals surface area contributed by atoms with Crippen molar-refractivity contribution in [1.29, 1.82) is 0 Å². The van der Waals surface area contributed by atoms with Crippen molar-refractivity contribution in [3.05, 3.63) is 35.1 Å². The average molecular weight is 208 g/mol. The fourth-order valence-corrected chi connectivity index (χ4v) is 2.59. The van der Waals surface area contributed by atoms with Crippen LogP contribution < -0.4 is 0 Å². The van der Waals surface area contributed by atoms with Crippen LogP contribution in [0, 0.1) is 18.7 Å². The smallest absolute Gasteiger partial charge is 0.123 e. The first kappa shape index (κ1) is 10.6. The molecule has 1 aromatic rings. The molecule has 1 saturated carbocycles. The molecule has 0 heterocycles. The molecule has 82 valence electrons. The van der Waals surface area contributed by atoms with E-state index in [9.17, 15) is 9.50 Å². The van der Waals surface area contributed by atoms with Gasteiger partial charge in [-0.2, -0.15) is 0 Å². The Morgan fingerprint density at radius 1 is 1.47 bits per heavy atom. The first-order chi connectivity index (χ1) is 6.98. The third-order valence-corrected chi connectivity index (χ3v) is 3.28. The lowest BCUT2D eigenvalue weighted by Crippen LogP contribution is -2.44. The zero-order chi connectivity index (χ0) is 11.1. The predicted molar refractivity (Wildman–Crippen MR) is 58.2 cm³/mol. The molecule has 1 nitrogen and oxygen atoms in total. The minimum Gasteiger partial charge on any atom is -0.390 e. The van der Waals surface area contributed by atoms with Crippen molar-refractivity contribution in [2.75, 3.05) is 0 Å². The largest absolute Gasteiger partial charge is 0.390 e. The molecule has 1 N–H and O–H groups in total. The minimum absolute atomic E-state index is 0.204. The van der Waals surface area contributed by atoms with E-state index in [0.29, 0.717) is 12.3 Å². The highest BCUT2D eigenvalue weighted by Gasteiger charge is 2.40. The van der Waals surface area contributed by atoms with Crippen LogP contribution in [0.25, 0.3) is 0 Å². The van der Waals surface area contributed by atoms with E-state index in [1.165, 1.54) is 12.1 Å². The van der Waals surface area contributed by atoms with Crippen molar-refractivity contribution in [2.24, 2.45) is 5.92 Å². The van der Waals surface area contributed by atoms with Gasteiger partial charge in [-0.1, -0.05) is 13.0 Å². The van der Waals surface area contributed by atoms with Gasteiger partial charge in [0.1, 0.15) is 5.82 Å². The van der Waals surface area contributed by atoms with Crippen LogP contribution in [-0.2, 0) is 6.42 Å². The average Bonchev–Trinajstić information content (AvgIpc) is 2.08. The topological polar surface area (TPSA) is 20.2 Å². The Labute approximate surface area is 89.9 Å². The van der Waals surface area contributed by atoms with Crippen molar-refractivity contribution in [1.82, 2.24) is 0 Å². The van der Waals surface area contributed by atoms with Gasteiger partial charge in [0, 0.05) is 6.42 Å². The second kappa shape index (κ2) is 3.60. The number of hydrogen-bond acceptors (Lipinski definition) is 1. The zero-order valence-corrected chi connectivity index (χ0v) is 9.26. The maximum Gasteiger partial charge on any atom is 0.123 e. The molecular weight excluding hydrogens is 191 g/mol. The standard InChI is InChI=1S/C13H17FO/c1-9-6-13(15,7-9)8-11-3-4-12(14)5-10(11)2/h3-5,9,15H,6-8H2,1-2H3. The van der Waals surface area contributed by atoms with Gasteiger partial charge in [-0.15, -0.1) is 0 Å².